The first-order valence-electron chi connectivity index (χ1n) is 8.44. The van der Waals surface area contributed by atoms with Crippen LogP contribution in [0.25, 0.3) is 11.0 Å². The summed E-state index contributed by atoms with van der Waals surface area (Å²) in [6.45, 7) is 4.04. The fourth-order valence-electron chi connectivity index (χ4n) is 3.58. The normalized spacial score (nSPS) is 14.6. The summed E-state index contributed by atoms with van der Waals surface area (Å²) < 4.78 is 11.9. The average Bonchev–Trinajstić information content (AvgIpc) is 3.05. The van der Waals surface area contributed by atoms with Crippen LogP contribution in [0.15, 0.2) is 51.7 Å². The van der Waals surface area contributed by atoms with E-state index in [1.807, 2.05) is 44.2 Å². The van der Waals surface area contributed by atoms with Crippen molar-refractivity contribution >= 4 is 11.0 Å². The topological polar surface area (TPSA) is 39.4 Å². The molecule has 0 spiro atoms. The molecular formula is C21H20O3. The van der Waals surface area contributed by atoms with Crippen LogP contribution < -0.4 is 10.4 Å². The van der Waals surface area contributed by atoms with E-state index in [1.165, 1.54) is 0 Å². The Morgan fingerprint density at radius 1 is 1.08 bits per heavy atom. The molecule has 3 nitrogen and oxygen atoms in total. The minimum atomic E-state index is -0.192. The van der Waals surface area contributed by atoms with Gasteiger partial charge in [0.15, 0.2) is 0 Å². The van der Waals surface area contributed by atoms with Gasteiger partial charge in [0.1, 0.15) is 17.4 Å². The Morgan fingerprint density at radius 2 is 1.83 bits per heavy atom. The molecular weight excluding hydrogens is 300 g/mol. The summed E-state index contributed by atoms with van der Waals surface area (Å²) in [6.07, 6.45) is 2.65. The van der Waals surface area contributed by atoms with Gasteiger partial charge in [-0.1, -0.05) is 30.3 Å². The maximum atomic E-state index is 12.2. The van der Waals surface area contributed by atoms with Gasteiger partial charge in [0.25, 0.3) is 0 Å². The molecule has 1 aliphatic carbocycles. The molecule has 0 saturated carbocycles. The second-order valence-electron chi connectivity index (χ2n) is 6.51. The van der Waals surface area contributed by atoms with E-state index in [2.05, 4.69) is 12.1 Å². The van der Waals surface area contributed by atoms with Crippen molar-refractivity contribution in [2.75, 3.05) is 0 Å². The fraction of sp³-hybridized carbons (Fsp3) is 0.286. The average molecular weight is 320 g/mol. The molecule has 1 atom stereocenters. The highest BCUT2D eigenvalue weighted by molar-refractivity contribution is 5.89. The molecule has 0 N–H and O–H groups in total. The summed E-state index contributed by atoms with van der Waals surface area (Å²) in [5.74, 6) is 0.809. The quantitative estimate of drug-likeness (QED) is 0.655. The molecule has 3 heteroatoms. The second kappa shape index (κ2) is 5.82. The highest BCUT2D eigenvalue weighted by Gasteiger charge is 2.23. The molecule has 1 heterocycles. The van der Waals surface area contributed by atoms with E-state index in [9.17, 15) is 4.79 Å². The molecule has 2 aromatic carbocycles. The van der Waals surface area contributed by atoms with Crippen molar-refractivity contribution in [1.82, 2.24) is 0 Å². The van der Waals surface area contributed by atoms with E-state index in [0.29, 0.717) is 5.58 Å². The van der Waals surface area contributed by atoms with Crippen LogP contribution in [0.2, 0.25) is 0 Å². The van der Waals surface area contributed by atoms with Crippen LogP contribution >= 0.6 is 0 Å². The van der Waals surface area contributed by atoms with Crippen molar-refractivity contribution in [2.45, 2.75) is 39.2 Å². The van der Waals surface area contributed by atoms with Gasteiger partial charge in [-0.05, 0) is 61.9 Å². The summed E-state index contributed by atoms with van der Waals surface area (Å²) in [5, 5.41) is 0.968. The van der Waals surface area contributed by atoms with Gasteiger partial charge in [-0.25, -0.2) is 4.79 Å². The van der Waals surface area contributed by atoms with Crippen molar-refractivity contribution < 1.29 is 9.15 Å². The van der Waals surface area contributed by atoms with E-state index in [1.54, 1.807) is 0 Å². The predicted molar refractivity (Wildman–Crippen MR) is 94.7 cm³/mol. The standard InChI is InChI=1S/C21H20O3/c1-13-11-18(23-14(2)15-7-4-3-5-8-15)20-16-9-6-10-17(16)21(22)24-19(20)12-13/h3-5,7-8,11-12,14H,6,9-10H2,1-2H3/t14-/m0/s1. The summed E-state index contributed by atoms with van der Waals surface area (Å²) in [6, 6.07) is 14.1. The zero-order valence-corrected chi connectivity index (χ0v) is 14.0. The Morgan fingerprint density at radius 3 is 2.62 bits per heavy atom. The van der Waals surface area contributed by atoms with Gasteiger partial charge in [0.2, 0.25) is 0 Å². The number of hydrogen-bond acceptors (Lipinski definition) is 3. The van der Waals surface area contributed by atoms with Gasteiger partial charge in [-0.15, -0.1) is 0 Å². The van der Waals surface area contributed by atoms with Crippen molar-refractivity contribution in [2.24, 2.45) is 0 Å². The molecule has 24 heavy (non-hydrogen) atoms. The largest absolute Gasteiger partial charge is 0.485 e. The SMILES string of the molecule is Cc1cc(O[C@@H](C)c2ccccc2)c2c3c(c(=O)oc2c1)CCC3. The number of aryl methyl sites for hydroxylation is 2. The minimum Gasteiger partial charge on any atom is -0.485 e. The maximum Gasteiger partial charge on any atom is 0.339 e. The maximum absolute atomic E-state index is 12.2. The smallest absolute Gasteiger partial charge is 0.339 e. The zero-order chi connectivity index (χ0) is 16.7. The molecule has 0 unspecified atom stereocenters. The summed E-state index contributed by atoms with van der Waals surface area (Å²) in [7, 11) is 0. The number of hydrogen-bond donors (Lipinski definition) is 0. The summed E-state index contributed by atoms with van der Waals surface area (Å²) in [4.78, 5) is 12.2. The van der Waals surface area contributed by atoms with Gasteiger partial charge in [0, 0.05) is 5.56 Å². The third-order valence-electron chi connectivity index (χ3n) is 4.75. The van der Waals surface area contributed by atoms with Crippen LogP contribution in [-0.2, 0) is 12.8 Å². The number of benzene rings is 2. The van der Waals surface area contributed by atoms with E-state index >= 15 is 0 Å². The minimum absolute atomic E-state index is 0.0693. The highest BCUT2D eigenvalue weighted by atomic mass is 16.5. The zero-order valence-electron chi connectivity index (χ0n) is 14.0. The van der Waals surface area contributed by atoms with Crippen LogP contribution in [-0.4, -0.2) is 0 Å². The fourth-order valence-corrected chi connectivity index (χ4v) is 3.58. The second-order valence-corrected chi connectivity index (χ2v) is 6.51. The molecule has 1 aliphatic rings. The van der Waals surface area contributed by atoms with Crippen LogP contribution in [0, 0.1) is 6.92 Å². The predicted octanol–water partition coefficient (Wildman–Crippen LogP) is 4.73. The van der Waals surface area contributed by atoms with Gasteiger partial charge >= 0.3 is 5.63 Å². The van der Waals surface area contributed by atoms with E-state index in [4.69, 9.17) is 9.15 Å². The lowest BCUT2D eigenvalue weighted by atomic mass is 10.0. The number of fused-ring (bicyclic) bond motifs is 3. The Labute approximate surface area is 140 Å². The van der Waals surface area contributed by atoms with E-state index in [-0.39, 0.29) is 11.7 Å². The molecule has 0 aliphatic heterocycles. The van der Waals surface area contributed by atoms with Crippen molar-refractivity contribution in [3.63, 3.8) is 0 Å². The highest BCUT2D eigenvalue weighted by Crippen LogP contribution is 2.37. The molecule has 122 valence electrons. The van der Waals surface area contributed by atoms with Crippen molar-refractivity contribution in [3.8, 4) is 5.75 Å². The molecule has 0 saturated heterocycles. The lowest BCUT2D eigenvalue weighted by molar-refractivity contribution is 0.229. The molecule has 0 fully saturated rings. The van der Waals surface area contributed by atoms with Gasteiger partial charge in [0.05, 0.1) is 5.39 Å². The molecule has 3 aromatic rings. The van der Waals surface area contributed by atoms with Crippen molar-refractivity contribution in [1.29, 1.82) is 0 Å². The molecule has 0 radical (unpaired) electrons. The number of ether oxygens (including phenoxy) is 1. The third kappa shape index (κ3) is 2.50. The lowest BCUT2D eigenvalue weighted by Crippen LogP contribution is -2.09. The third-order valence-corrected chi connectivity index (χ3v) is 4.75. The molecule has 1 aromatic heterocycles. The summed E-state index contributed by atoms with van der Waals surface area (Å²) in [5.41, 5.74) is 4.53. The molecule has 0 amide bonds. The Balaban J connectivity index is 1.86. The monoisotopic (exact) mass is 320 g/mol. The van der Waals surface area contributed by atoms with Crippen LogP contribution in [0.4, 0.5) is 0 Å². The lowest BCUT2D eigenvalue weighted by Gasteiger charge is -2.18. The van der Waals surface area contributed by atoms with Crippen molar-refractivity contribution in [3.05, 3.63) is 75.1 Å². The molecule has 0 bridgehead atoms. The first-order valence-corrected chi connectivity index (χ1v) is 8.44. The number of rotatable bonds is 3. The van der Waals surface area contributed by atoms with E-state index in [0.717, 1.165) is 52.7 Å². The van der Waals surface area contributed by atoms with Gasteiger partial charge in [-0.2, -0.15) is 0 Å². The van der Waals surface area contributed by atoms with Gasteiger partial charge < -0.3 is 9.15 Å². The van der Waals surface area contributed by atoms with Gasteiger partial charge in [-0.3, -0.25) is 0 Å². The Bertz CT molecular complexity index is 954. The Hall–Kier alpha value is -2.55. The first-order chi connectivity index (χ1) is 11.6. The van der Waals surface area contributed by atoms with Crippen LogP contribution in [0.1, 0.15) is 41.7 Å². The first kappa shape index (κ1) is 15.0. The van der Waals surface area contributed by atoms with Crippen LogP contribution in [0.3, 0.4) is 0 Å². The summed E-state index contributed by atoms with van der Waals surface area (Å²) >= 11 is 0. The Kier molecular flexibility index (Phi) is 3.64. The van der Waals surface area contributed by atoms with E-state index < -0.39 is 0 Å². The van der Waals surface area contributed by atoms with Crippen LogP contribution in [0.5, 0.6) is 5.75 Å². The molecule has 4 rings (SSSR count).